The third kappa shape index (κ3) is 4.15. The number of methoxy groups -OCH3 is 1. The van der Waals surface area contributed by atoms with Gasteiger partial charge in [0.2, 0.25) is 5.91 Å². The normalized spacial score (nSPS) is 23.6. The van der Waals surface area contributed by atoms with E-state index in [4.69, 9.17) is 14.2 Å². The maximum Gasteiger partial charge on any atom is 0.254 e. The predicted molar refractivity (Wildman–Crippen MR) is 147 cm³/mol. The summed E-state index contributed by atoms with van der Waals surface area (Å²) in [6.07, 6.45) is 0. The van der Waals surface area contributed by atoms with Crippen molar-refractivity contribution in [3.05, 3.63) is 59.3 Å². The number of carbonyl (C=O) groups is 2. The van der Waals surface area contributed by atoms with Gasteiger partial charge in [0.1, 0.15) is 0 Å². The lowest BCUT2D eigenvalue weighted by atomic mass is 9.76. The van der Waals surface area contributed by atoms with Gasteiger partial charge >= 0.3 is 0 Å². The Hall–Kier alpha value is -3.56. The smallest absolute Gasteiger partial charge is 0.254 e. The Morgan fingerprint density at radius 3 is 2.64 bits per heavy atom. The van der Waals surface area contributed by atoms with E-state index in [1.165, 1.54) is 0 Å². The van der Waals surface area contributed by atoms with Gasteiger partial charge < -0.3 is 29.0 Å². The van der Waals surface area contributed by atoms with Crippen LogP contribution in [-0.2, 0) is 19.9 Å². The Bertz CT molecular complexity index is 1400. The van der Waals surface area contributed by atoms with E-state index in [0.29, 0.717) is 44.4 Å². The molecule has 0 saturated carbocycles. The molecule has 3 aliphatic heterocycles. The third-order valence-electron chi connectivity index (χ3n) is 8.50. The van der Waals surface area contributed by atoms with Crippen molar-refractivity contribution in [1.29, 1.82) is 0 Å². The highest BCUT2D eigenvalue weighted by Crippen LogP contribution is 2.50. The zero-order chi connectivity index (χ0) is 27.1. The first-order chi connectivity index (χ1) is 19.0. The number of carbonyl (C=O) groups excluding carboxylic acids is 2. The topological polar surface area (TPSA) is 87.3 Å². The van der Waals surface area contributed by atoms with Crippen LogP contribution in [-0.4, -0.2) is 97.7 Å². The van der Waals surface area contributed by atoms with Crippen LogP contribution in [0.2, 0.25) is 0 Å². The van der Waals surface area contributed by atoms with Crippen LogP contribution in [0.25, 0.3) is 10.9 Å². The first-order valence-corrected chi connectivity index (χ1v) is 13.8. The van der Waals surface area contributed by atoms with Gasteiger partial charge in [0, 0.05) is 55.1 Å². The molecule has 0 bridgehead atoms. The second-order valence-electron chi connectivity index (χ2n) is 10.6. The van der Waals surface area contributed by atoms with Gasteiger partial charge in [0.15, 0.2) is 17.0 Å². The van der Waals surface area contributed by atoms with Crippen LogP contribution in [0.3, 0.4) is 0 Å². The minimum atomic E-state index is -1.13. The summed E-state index contributed by atoms with van der Waals surface area (Å²) in [5.41, 5.74) is 2.58. The molecule has 1 N–H and O–H groups in total. The number of benzene rings is 2. The van der Waals surface area contributed by atoms with Crippen molar-refractivity contribution in [2.24, 2.45) is 0 Å². The molecule has 3 aliphatic rings. The molecule has 9 heteroatoms. The number of H-pyrrole nitrogens is 1. The monoisotopic (exact) mass is 532 g/mol. The Labute approximate surface area is 228 Å². The number of hydrogen-bond donors (Lipinski definition) is 1. The maximum atomic E-state index is 14.3. The molecule has 1 unspecified atom stereocenters. The molecule has 0 radical (unpaired) electrons. The maximum absolute atomic E-state index is 14.3. The van der Waals surface area contributed by atoms with Crippen molar-refractivity contribution in [3.8, 4) is 11.5 Å². The number of nitrogens with one attached hydrogen (secondary N) is 1. The molecule has 206 valence electrons. The number of aromatic nitrogens is 1. The van der Waals surface area contributed by atoms with Crippen molar-refractivity contribution in [2.75, 3.05) is 66.2 Å². The summed E-state index contributed by atoms with van der Waals surface area (Å²) in [5, 5.41) is 1.05. The lowest BCUT2D eigenvalue weighted by Crippen LogP contribution is -2.68. The number of nitrogens with zero attached hydrogens (tertiary/aromatic N) is 3. The predicted octanol–water partition coefficient (Wildman–Crippen LogP) is 2.94. The van der Waals surface area contributed by atoms with E-state index in [9.17, 15) is 9.59 Å². The molecule has 1 aromatic heterocycles. The fraction of sp³-hybridized carbons (Fsp3) is 0.467. The third-order valence-corrected chi connectivity index (χ3v) is 8.50. The van der Waals surface area contributed by atoms with Crippen molar-refractivity contribution in [1.82, 2.24) is 19.7 Å². The van der Waals surface area contributed by atoms with Gasteiger partial charge in [-0.1, -0.05) is 30.3 Å². The number of piperazine rings is 1. The highest BCUT2D eigenvalue weighted by molar-refractivity contribution is 6.01. The van der Waals surface area contributed by atoms with Gasteiger partial charge in [-0.15, -0.1) is 0 Å². The van der Waals surface area contributed by atoms with Crippen LogP contribution in [0.15, 0.2) is 42.5 Å². The van der Waals surface area contributed by atoms with Gasteiger partial charge in [0.25, 0.3) is 5.91 Å². The van der Waals surface area contributed by atoms with Gasteiger partial charge in [-0.2, -0.15) is 0 Å². The second-order valence-corrected chi connectivity index (χ2v) is 10.6. The summed E-state index contributed by atoms with van der Waals surface area (Å²) in [4.78, 5) is 37.5. The van der Waals surface area contributed by atoms with Crippen LogP contribution < -0.4 is 9.47 Å². The zero-order valence-corrected chi connectivity index (χ0v) is 22.9. The van der Waals surface area contributed by atoms with E-state index in [1.807, 2.05) is 50.2 Å². The quantitative estimate of drug-likeness (QED) is 0.504. The molecule has 9 nitrogen and oxygen atoms in total. The summed E-state index contributed by atoms with van der Waals surface area (Å²) < 4.78 is 17.2. The van der Waals surface area contributed by atoms with Crippen LogP contribution >= 0.6 is 0 Å². The van der Waals surface area contributed by atoms with Crippen LogP contribution in [0.1, 0.15) is 36.6 Å². The van der Waals surface area contributed by atoms with Crippen molar-refractivity contribution < 1.29 is 23.8 Å². The minimum absolute atomic E-state index is 0.0442. The lowest BCUT2D eigenvalue weighted by Gasteiger charge is -2.51. The molecule has 0 aliphatic carbocycles. The SMILES string of the molecule is CCOc1c(OC)cccc1C1CN2C(=O)CN(CCN3CCOCC3)C(=O)[C@]2(C)c2[nH]c3ccccc3c21. The fourth-order valence-corrected chi connectivity index (χ4v) is 6.49. The van der Waals surface area contributed by atoms with E-state index < -0.39 is 5.54 Å². The van der Waals surface area contributed by atoms with Crippen molar-refractivity contribution in [3.63, 3.8) is 0 Å². The lowest BCUT2D eigenvalue weighted by molar-refractivity contribution is -0.166. The molecule has 39 heavy (non-hydrogen) atoms. The number of ether oxygens (including phenoxy) is 3. The molecule has 2 amide bonds. The second kappa shape index (κ2) is 10.2. The Kier molecular flexibility index (Phi) is 6.72. The highest BCUT2D eigenvalue weighted by atomic mass is 16.5. The van der Waals surface area contributed by atoms with E-state index in [0.717, 1.165) is 47.4 Å². The molecule has 4 heterocycles. The van der Waals surface area contributed by atoms with Gasteiger partial charge in [-0.3, -0.25) is 14.5 Å². The average molecular weight is 533 g/mol. The van der Waals surface area contributed by atoms with Gasteiger partial charge in [0.05, 0.1) is 39.2 Å². The summed E-state index contributed by atoms with van der Waals surface area (Å²) >= 11 is 0. The summed E-state index contributed by atoms with van der Waals surface area (Å²) in [6.45, 7) is 9.11. The van der Waals surface area contributed by atoms with Crippen molar-refractivity contribution in [2.45, 2.75) is 25.3 Å². The molecular weight excluding hydrogens is 496 g/mol. The molecule has 3 aromatic rings. The summed E-state index contributed by atoms with van der Waals surface area (Å²) in [5.74, 6) is 1.04. The largest absolute Gasteiger partial charge is 0.493 e. The molecule has 2 saturated heterocycles. The number of aromatic amines is 1. The number of hydrogen-bond acceptors (Lipinski definition) is 6. The molecule has 2 fully saturated rings. The van der Waals surface area contributed by atoms with Crippen LogP contribution in [0.5, 0.6) is 11.5 Å². The van der Waals surface area contributed by atoms with Crippen LogP contribution in [0.4, 0.5) is 0 Å². The zero-order valence-electron chi connectivity index (χ0n) is 22.9. The number of rotatable bonds is 7. The number of para-hydroxylation sites is 2. The first kappa shape index (κ1) is 25.7. The van der Waals surface area contributed by atoms with E-state index in [-0.39, 0.29) is 24.3 Å². The van der Waals surface area contributed by atoms with Gasteiger partial charge in [-0.05, 0) is 31.5 Å². The Morgan fingerprint density at radius 2 is 1.87 bits per heavy atom. The minimum Gasteiger partial charge on any atom is -0.493 e. The van der Waals surface area contributed by atoms with Crippen molar-refractivity contribution >= 4 is 22.7 Å². The number of amides is 2. The summed E-state index contributed by atoms with van der Waals surface area (Å²) in [6, 6.07) is 14.0. The van der Waals surface area contributed by atoms with Crippen LogP contribution in [0, 0.1) is 0 Å². The summed E-state index contributed by atoms with van der Waals surface area (Å²) in [7, 11) is 1.63. The Morgan fingerprint density at radius 1 is 1.08 bits per heavy atom. The van der Waals surface area contributed by atoms with E-state index >= 15 is 0 Å². The molecule has 2 aromatic carbocycles. The highest BCUT2D eigenvalue weighted by Gasteiger charge is 2.56. The molecule has 6 rings (SSSR count). The number of morpholine rings is 1. The Balaban J connectivity index is 1.45. The molecule has 2 atom stereocenters. The standard InChI is InChI=1S/C30H36N4O5/c1-4-39-27-20(9-7-11-24(27)37-3)22-18-34-25(35)19-33(13-12-32-14-16-38-17-15-32)29(36)30(34,2)28-26(22)21-8-5-6-10-23(21)31-28/h5-11,22,31H,4,12-19H2,1-3H3/t22?,30-/m0/s1. The molecule has 0 spiro atoms. The molecular formula is C30H36N4O5. The number of fused-ring (bicyclic) bond motifs is 5. The fourth-order valence-electron chi connectivity index (χ4n) is 6.49. The average Bonchev–Trinajstić information content (AvgIpc) is 3.36. The van der Waals surface area contributed by atoms with E-state index in [2.05, 4.69) is 16.0 Å². The van der Waals surface area contributed by atoms with E-state index in [1.54, 1.807) is 16.9 Å². The first-order valence-electron chi connectivity index (χ1n) is 13.8. The van der Waals surface area contributed by atoms with Gasteiger partial charge in [-0.25, -0.2) is 0 Å².